The van der Waals surface area contributed by atoms with Crippen molar-refractivity contribution in [3.05, 3.63) is 83.2 Å². The Balaban J connectivity index is 1.39. The average molecular weight is 462 g/mol. The molecule has 3 aromatic rings. The zero-order valence-electron chi connectivity index (χ0n) is 19.5. The fourth-order valence-corrected chi connectivity index (χ4v) is 3.73. The van der Waals surface area contributed by atoms with Crippen LogP contribution in [-0.4, -0.2) is 42.1 Å². The summed E-state index contributed by atoms with van der Waals surface area (Å²) in [4.78, 5) is 27.2. The highest BCUT2D eigenvalue weighted by Gasteiger charge is 2.23. The van der Waals surface area contributed by atoms with E-state index in [1.54, 1.807) is 18.1 Å². The van der Waals surface area contributed by atoms with E-state index in [-0.39, 0.29) is 24.1 Å². The van der Waals surface area contributed by atoms with E-state index >= 15 is 0 Å². The van der Waals surface area contributed by atoms with Crippen LogP contribution < -0.4 is 10.1 Å². The van der Waals surface area contributed by atoms with Crippen LogP contribution in [-0.2, 0) is 24.2 Å². The van der Waals surface area contributed by atoms with E-state index in [0.717, 1.165) is 16.9 Å². The second-order valence-electron chi connectivity index (χ2n) is 8.73. The number of amides is 2. The second kappa shape index (κ2) is 11.5. The molecule has 7 heteroatoms. The summed E-state index contributed by atoms with van der Waals surface area (Å²) in [5, 5.41) is 6.81. The molecule has 7 nitrogen and oxygen atoms in total. The highest BCUT2D eigenvalue weighted by atomic mass is 16.5. The van der Waals surface area contributed by atoms with Gasteiger partial charge in [0.1, 0.15) is 5.75 Å². The van der Waals surface area contributed by atoms with Crippen molar-refractivity contribution in [2.24, 2.45) is 5.92 Å². The third-order valence-electron chi connectivity index (χ3n) is 6.04. The first kappa shape index (κ1) is 23.5. The minimum atomic E-state index is -0.234. The van der Waals surface area contributed by atoms with Gasteiger partial charge >= 0.3 is 0 Å². The summed E-state index contributed by atoms with van der Waals surface area (Å²) < 4.78 is 10.6. The third kappa shape index (κ3) is 6.94. The number of nitrogens with zero attached hydrogens (tertiary/aromatic N) is 2. The molecule has 1 aliphatic rings. The van der Waals surface area contributed by atoms with Crippen molar-refractivity contribution in [3.8, 4) is 5.75 Å². The summed E-state index contributed by atoms with van der Waals surface area (Å²) in [6, 6.07) is 19.4. The molecule has 2 aromatic carbocycles. The Morgan fingerprint density at radius 3 is 2.50 bits per heavy atom. The van der Waals surface area contributed by atoms with E-state index in [1.165, 1.54) is 12.8 Å². The first-order chi connectivity index (χ1) is 16.6. The fourth-order valence-electron chi connectivity index (χ4n) is 3.73. The number of carbonyl (C=O) groups is 2. The van der Waals surface area contributed by atoms with E-state index in [1.807, 2.05) is 54.6 Å². The molecule has 0 aliphatic heterocycles. The van der Waals surface area contributed by atoms with Crippen LogP contribution in [0.25, 0.3) is 0 Å². The Labute approximate surface area is 200 Å². The second-order valence-corrected chi connectivity index (χ2v) is 8.73. The molecule has 1 saturated carbocycles. The molecule has 0 unspecified atom stereocenters. The van der Waals surface area contributed by atoms with Gasteiger partial charge in [-0.3, -0.25) is 9.59 Å². The first-order valence-electron chi connectivity index (χ1n) is 11.8. The highest BCUT2D eigenvalue weighted by molar-refractivity contribution is 5.92. The normalized spacial score (nSPS) is 12.9. The summed E-state index contributed by atoms with van der Waals surface area (Å²) >= 11 is 0. The number of aromatic nitrogens is 1. The lowest BCUT2D eigenvalue weighted by Crippen LogP contribution is -2.32. The maximum Gasteiger partial charge on any atom is 0.273 e. The van der Waals surface area contributed by atoms with Crippen LogP contribution >= 0.6 is 0 Å². The lowest BCUT2D eigenvalue weighted by Gasteiger charge is -2.21. The van der Waals surface area contributed by atoms with Crippen LogP contribution in [0.2, 0.25) is 0 Å². The minimum Gasteiger partial charge on any atom is -0.497 e. The molecule has 1 fully saturated rings. The summed E-state index contributed by atoms with van der Waals surface area (Å²) in [5.41, 5.74) is 2.49. The summed E-state index contributed by atoms with van der Waals surface area (Å²) in [5.74, 6) is 1.69. The Morgan fingerprint density at radius 1 is 1.06 bits per heavy atom. The molecule has 4 rings (SSSR count). The maximum absolute atomic E-state index is 13.1. The van der Waals surface area contributed by atoms with E-state index in [2.05, 4.69) is 10.5 Å². The quantitative estimate of drug-likeness (QED) is 0.440. The van der Waals surface area contributed by atoms with Gasteiger partial charge in [-0.25, -0.2) is 0 Å². The molecular weight excluding hydrogens is 430 g/mol. The molecule has 2 amide bonds. The largest absolute Gasteiger partial charge is 0.497 e. The van der Waals surface area contributed by atoms with Gasteiger partial charge in [-0.05, 0) is 54.9 Å². The lowest BCUT2D eigenvalue weighted by molar-refractivity contribution is -0.132. The van der Waals surface area contributed by atoms with Crippen LogP contribution in [0.1, 0.15) is 46.6 Å². The van der Waals surface area contributed by atoms with E-state index < -0.39 is 0 Å². The van der Waals surface area contributed by atoms with Crippen LogP contribution in [0.5, 0.6) is 5.75 Å². The van der Waals surface area contributed by atoms with Crippen LogP contribution in [0.3, 0.4) is 0 Å². The topological polar surface area (TPSA) is 84.7 Å². The number of benzene rings is 2. The number of rotatable bonds is 12. The molecule has 0 radical (unpaired) electrons. The zero-order chi connectivity index (χ0) is 23.8. The SMILES string of the molecule is COc1ccc(CCN(Cc2cc(C(=O)NCC3CC3)no2)C(=O)CCc2ccccc2)cc1. The number of hydrogen-bond acceptors (Lipinski definition) is 5. The molecule has 1 heterocycles. The molecule has 0 spiro atoms. The minimum absolute atomic E-state index is 0.0356. The highest BCUT2D eigenvalue weighted by Crippen LogP contribution is 2.27. The molecule has 1 N–H and O–H groups in total. The van der Waals surface area contributed by atoms with Gasteiger partial charge in [-0.2, -0.15) is 0 Å². The Kier molecular flexibility index (Phi) is 7.96. The molecule has 1 aromatic heterocycles. The van der Waals surface area contributed by atoms with Gasteiger partial charge in [0.25, 0.3) is 5.91 Å². The monoisotopic (exact) mass is 461 g/mol. The number of methoxy groups -OCH3 is 1. The van der Waals surface area contributed by atoms with Crippen molar-refractivity contribution >= 4 is 11.8 Å². The van der Waals surface area contributed by atoms with Crippen molar-refractivity contribution in [1.82, 2.24) is 15.4 Å². The van der Waals surface area contributed by atoms with Crippen LogP contribution in [0.4, 0.5) is 0 Å². The maximum atomic E-state index is 13.1. The molecule has 1 aliphatic carbocycles. The summed E-state index contributed by atoms with van der Waals surface area (Å²) in [6.45, 7) is 1.48. The molecule has 0 saturated heterocycles. The predicted octanol–water partition coefficient (Wildman–Crippen LogP) is 4.03. The Morgan fingerprint density at radius 2 is 1.79 bits per heavy atom. The van der Waals surface area contributed by atoms with Gasteiger partial charge in [-0.1, -0.05) is 47.6 Å². The van der Waals surface area contributed by atoms with Crippen molar-refractivity contribution in [3.63, 3.8) is 0 Å². The standard InChI is InChI=1S/C27H31N3O4/c1-33-23-12-9-21(10-13-23)15-16-30(26(31)14-11-20-5-3-2-4-6-20)19-24-17-25(29-34-24)27(32)28-18-22-7-8-22/h2-6,9-10,12-13,17,22H,7-8,11,14-16,18-19H2,1H3,(H,28,32). The number of carbonyl (C=O) groups excluding carboxylic acids is 2. The number of aryl methyl sites for hydroxylation is 1. The van der Waals surface area contributed by atoms with Crippen LogP contribution in [0, 0.1) is 5.92 Å². The van der Waals surface area contributed by atoms with Gasteiger partial charge < -0.3 is 19.5 Å². The van der Waals surface area contributed by atoms with Crippen LogP contribution in [0.15, 0.2) is 65.2 Å². The fraction of sp³-hybridized carbons (Fsp3) is 0.370. The number of ether oxygens (including phenoxy) is 1. The number of hydrogen-bond donors (Lipinski definition) is 1. The summed E-state index contributed by atoms with van der Waals surface area (Å²) in [7, 11) is 1.64. The molecule has 0 bridgehead atoms. The van der Waals surface area contributed by atoms with Crippen molar-refractivity contribution < 1.29 is 18.8 Å². The molecular formula is C27H31N3O4. The van der Waals surface area contributed by atoms with Gasteiger partial charge in [0.05, 0.1) is 13.7 Å². The smallest absolute Gasteiger partial charge is 0.273 e. The zero-order valence-corrected chi connectivity index (χ0v) is 19.5. The van der Waals surface area contributed by atoms with Gasteiger partial charge in [0.15, 0.2) is 11.5 Å². The molecule has 0 atom stereocenters. The molecule has 34 heavy (non-hydrogen) atoms. The summed E-state index contributed by atoms with van der Waals surface area (Å²) in [6.07, 6.45) is 4.10. The first-order valence-corrected chi connectivity index (χ1v) is 11.8. The van der Waals surface area contributed by atoms with E-state index in [9.17, 15) is 9.59 Å². The lowest BCUT2D eigenvalue weighted by atomic mass is 10.1. The van der Waals surface area contributed by atoms with Crippen molar-refractivity contribution in [2.45, 2.75) is 38.6 Å². The van der Waals surface area contributed by atoms with Gasteiger partial charge in [0.2, 0.25) is 5.91 Å². The van der Waals surface area contributed by atoms with E-state index in [0.29, 0.717) is 44.0 Å². The Bertz CT molecular complexity index is 1070. The van der Waals surface area contributed by atoms with Crippen molar-refractivity contribution in [1.29, 1.82) is 0 Å². The third-order valence-corrected chi connectivity index (χ3v) is 6.04. The van der Waals surface area contributed by atoms with Crippen molar-refractivity contribution in [2.75, 3.05) is 20.2 Å². The van der Waals surface area contributed by atoms with Gasteiger partial charge in [-0.15, -0.1) is 0 Å². The average Bonchev–Trinajstić information content (AvgIpc) is 3.60. The predicted molar refractivity (Wildman–Crippen MR) is 128 cm³/mol. The Hall–Kier alpha value is -3.61. The van der Waals surface area contributed by atoms with Gasteiger partial charge in [0, 0.05) is 25.6 Å². The van der Waals surface area contributed by atoms with E-state index in [4.69, 9.17) is 9.26 Å². The number of nitrogens with one attached hydrogen (secondary N) is 1. The molecule has 178 valence electrons.